The van der Waals surface area contributed by atoms with E-state index in [1.54, 1.807) is 33.3 Å². The number of hydrogen-bond donors (Lipinski definition) is 2. The Morgan fingerprint density at radius 1 is 1.10 bits per heavy atom. The lowest BCUT2D eigenvalue weighted by Crippen LogP contribution is -2.32. The van der Waals surface area contributed by atoms with Crippen molar-refractivity contribution in [3.63, 3.8) is 0 Å². The van der Waals surface area contributed by atoms with Crippen molar-refractivity contribution < 1.29 is 19.1 Å². The zero-order chi connectivity index (χ0) is 21.7. The molecule has 0 spiro atoms. The number of aromatic nitrogens is 1. The van der Waals surface area contributed by atoms with Crippen molar-refractivity contribution >= 4 is 44.8 Å². The third-order valence-corrected chi connectivity index (χ3v) is 6.09. The maximum absolute atomic E-state index is 12.6. The summed E-state index contributed by atoms with van der Waals surface area (Å²) in [6, 6.07) is 12.7. The third kappa shape index (κ3) is 4.98. The Kier molecular flexibility index (Phi) is 7.07. The summed E-state index contributed by atoms with van der Waals surface area (Å²) < 4.78 is 11.3. The summed E-state index contributed by atoms with van der Waals surface area (Å²) in [4.78, 5) is 29.7. The van der Waals surface area contributed by atoms with Crippen LogP contribution < -0.4 is 20.1 Å². The largest absolute Gasteiger partial charge is 0.493 e. The number of nitrogens with one attached hydrogen (secondary N) is 2. The Balaban J connectivity index is 1.68. The number of ether oxygens (including phenoxy) is 2. The van der Waals surface area contributed by atoms with E-state index in [1.807, 2.05) is 30.3 Å². The first-order chi connectivity index (χ1) is 14.4. The minimum atomic E-state index is -0.348. The van der Waals surface area contributed by atoms with E-state index < -0.39 is 0 Å². The van der Waals surface area contributed by atoms with Gasteiger partial charge in [0.2, 0.25) is 5.91 Å². The number of methoxy groups -OCH3 is 2. The van der Waals surface area contributed by atoms with Crippen LogP contribution in [-0.4, -0.2) is 37.6 Å². The van der Waals surface area contributed by atoms with Gasteiger partial charge >= 0.3 is 0 Å². The quantitative estimate of drug-likeness (QED) is 0.517. The van der Waals surface area contributed by atoms with Crippen molar-refractivity contribution in [2.24, 2.45) is 0 Å². The van der Waals surface area contributed by atoms with E-state index in [0.29, 0.717) is 32.8 Å². The first kappa shape index (κ1) is 21.8. The average Bonchev–Trinajstić information content (AvgIpc) is 3.14. The molecule has 0 atom stereocenters. The van der Waals surface area contributed by atoms with Gasteiger partial charge in [-0.3, -0.25) is 9.59 Å². The van der Waals surface area contributed by atoms with Crippen LogP contribution in [0.1, 0.15) is 15.4 Å². The molecule has 156 valence electrons. The lowest BCUT2D eigenvalue weighted by molar-refractivity contribution is -0.115. The van der Waals surface area contributed by atoms with Gasteiger partial charge in [0, 0.05) is 10.0 Å². The van der Waals surface area contributed by atoms with Crippen molar-refractivity contribution in [1.82, 2.24) is 10.3 Å². The number of amides is 2. The molecule has 3 rings (SSSR count). The highest BCUT2D eigenvalue weighted by Gasteiger charge is 2.18. The molecule has 30 heavy (non-hydrogen) atoms. The Morgan fingerprint density at radius 3 is 2.53 bits per heavy atom. The van der Waals surface area contributed by atoms with E-state index in [4.69, 9.17) is 9.47 Å². The van der Waals surface area contributed by atoms with Crippen LogP contribution in [0.3, 0.4) is 0 Å². The fraction of sp³-hybridized carbons (Fsp3) is 0.190. The average molecular weight is 490 g/mol. The first-order valence-corrected chi connectivity index (χ1v) is 10.6. The van der Waals surface area contributed by atoms with Crippen LogP contribution >= 0.6 is 27.3 Å². The molecule has 0 fully saturated rings. The van der Waals surface area contributed by atoms with Crippen LogP contribution in [0.2, 0.25) is 0 Å². The van der Waals surface area contributed by atoms with Crippen molar-refractivity contribution in [1.29, 1.82) is 0 Å². The summed E-state index contributed by atoms with van der Waals surface area (Å²) in [5.74, 6) is 0.526. The maximum Gasteiger partial charge on any atom is 0.263 e. The SMILES string of the molecule is COc1ccc(-c2nc(C)c(C(=O)NCC(=O)Nc3ccccc3Br)s2)cc1OC. The molecule has 1 heterocycles. The summed E-state index contributed by atoms with van der Waals surface area (Å²) in [5, 5.41) is 6.07. The van der Waals surface area contributed by atoms with Crippen molar-refractivity contribution in [2.75, 3.05) is 26.1 Å². The van der Waals surface area contributed by atoms with E-state index in [9.17, 15) is 9.59 Å². The minimum Gasteiger partial charge on any atom is -0.493 e. The number of anilines is 1. The fourth-order valence-corrected chi connectivity index (χ4v) is 4.06. The Morgan fingerprint density at radius 2 is 1.83 bits per heavy atom. The zero-order valence-electron chi connectivity index (χ0n) is 16.6. The van der Waals surface area contributed by atoms with Crippen molar-refractivity contribution in [3.05, 3.63) is 57.5 Å². The standard InChI is InChI=1S/C21H20BrN3O4S/c1-12-19(20(27)23-11-18(26)25-15-7-5-4-6-14(15)22)30-21(24-12)13-8-9-16(28-2)17(10-13)29-3/h4-10H,11H2,1-3H3,(H,23,27)(H,25,26). The van der Waals surface area contributed by atoms with E-state index in [2.05, 4.69) is 31.5 Å². The van der Waals surface area contributed by atoms with Crippen LogP contribution in [0.5, 0.6) is 11.5 Å². The molecule has 0 radical (unpaired) electrons. The Hall–Kier alpha value is -2.91. The van der Waals surface area contributed by atoms with Crippen LogP contribution in [0.4, 0.5) is 5.69 Å². The molecule has 0 aliphatic rings. The number of rotatable bonds is 7. The fourth-order valence-electron chi connectivity index (χ4n) is 2.70. The molecule has 7 nitrogen and oxygen atoms in total. The van der Waals surface area contributed by atoms with Crippen LogP contribution in [0, 0.1) is 6.92 Å². The lowest BCUT2D eigenvalue weighted by atomic mass is 10.2. The summed E-state index contributed by atoms with van der Waals surface area (Å²) in [5.41, 5.74) is 2.04. The predicted octanol–water partition coefficient (Wildman–Crippen LogP) is 4.27. The molecule has 0 bridgehead atoms. The number of halogens is 1. The van der Waals surface area contributed by atoms with Crippen LogP contribution in [-0.2, 0) is 4.79 Å². The molecule has 9 heteroatoms. The minimum absolute atomic E-state index is 0.150. The number of hydrogen-bond acceptors (Lipinski definition) is 6. The van der Waals surface area contributed by atoms with Gasteiger partial charge in [0.1, 0.15) is 9.88 Å². The van der Waals surface area contributed by atoms with Gasteiger partial charge in [0.25, 0.3) is 5.91 Å². The lowest BCUT2D eigenvalue weighted by Gasteiger charge is -2.08. The molecule has 1 aromatic heterocycles. The molecule has 0 saturated carbocycles. The first-order valence-electron chi connectivity index (χ1n) is 8.95. The van der Waals surface area contributed by atoms with Crippen LogP contribution in [0.25, 0.3) is 10.6 Å². The number of thiazole rings is 1. The van der Waals surface area contributed by atoms with Gasteiger partial charge in [-0.25, -0.2) is 4.98 Å². The number of carbonyl (C=O) groups excluding carboxylic acids is 2. The number of benzene rings is 2. The second-order valence-electron chi connectivity index (χ2n) is 6.21. The van der Waals surface area contributed by atoms with E-state index in [-0.39, 0.29) is 18.4 Å². The van der Waals surface area contributed by atoms with Gasteiger partial charge in [0.15, 0.2) is 11.5 Å². The molecule has 0 aliphatic heterocycles. The highest BCUT2D eigenvalue weighted by atomic mass is 79.9. The van der Waals surface area contributed by atoms with E-state index >= 15 is 0 Å². The monoisotopic (exact) mass is 489 g/mol. The van der Waals surface area contributed by atoms with Gasteiger partial charge in [-0.15, -0.1) is 11.3 Å². The highest BCUT2D eigenvalue weighted by Crippen LogP contribution is 2.35. The highest BCUT2D eigenvalue weighted by molar-refractivity contribution is 9.10. The van der Waals surface area contributed by atoms with Gasteiger partial charge < -0.3 is 20.1 Å². The molecular weight excluding hydrogens is 470 g/mol. The number of nitrogens with zero attached hydrogens (tertiary/aromatic N) is 1. The van der Waals surface area contributed by atoms with Gasteiger partial charge in [-0.2, -0.15) is 0 Å². The predicted molar refractivity (Wildman–Crippen MR) is 120 cm³/mol. The molecule has 3 aromatic rings. The Bertz CT molecular complexity index is 1080. The van der Waals surface area contributed by atoms with Gasteiger partial charge in [-0.05, 0) is 53.2 Å². The van der Waals surface area contributed by atoms with Crippen molar-refractivity contribution in [3.8, 4) is 22.1 Å². The zero-order valence-corrected chi connectivity index (χ0v) is 19.0. The molecule has 0 saturated heterocycles. The smallest absolute Gasteiger partial charge is 0.263 e. The summed E-state index contributed by atoms with van der Waals surface area (Å²) in [7, 11) is 3.13. The summed E-state index contributed by atoms with van der Waals surface area (Å²) >= 11 is 4.62. The second kappa shape index (κ2) is 9.73. The van der Waals surface area contributed by atoms with Crippen molar-refractivity contribution in [2.45, 2.75) is 6.92 Å². The summed E-state index contributed by atoms with van der Waals surface area (Å²) in [6.07, 6.45) is 0. The molecule has 2 aromatic carbocycles. The number of aryl methyl sites for hydroxylation is 1. The number of carbonyl (C=O) groups is 2. The van der Waals surface area contributed by atoms with Gasteiger partial charge in [0.05, 0.1) is 32.1 Å². The van der Waals surface area contributed by atoms with Crippen LogP contribution in [0.15, 0.2) is 46.9 Å². The van der Waals surface area contributed by atoms with Gasteiger partial charge in [-0.1, -0.05) is 12.1 Å². The Labute approximate surface area is 186 Å². The molecular formula is C21H20BrN3O4S. The number of para-hydroxylation sites is 1. The van der Waals surface area contributed by atoms with E-state index in [0.717, 1.165) is 10.0 Å². The topological polar surface area (TPSA) is 89.5 Å². The normalized spacial score (nSPS) is 10.4. The molecule has 2 N–H and O–H groups in total. The summed E-state index contributed by atoms with van der Waals surface area (Å²) in [6.45, 7) is 1.61. The second-order valence-corrected chi connectivity index (χ2v) is 8.07. The molecule has 0 unspecified atom stereocenters. The third-order valence-electron chi connectivity index (χ3n) is 4.19. The van der Waals surface area contributed by atoms with E-state index in [1.165, 1.54) is 11.3 Å². The molecule has 0 aliphatic carbocycles. The maximum atomic E-state index is 12.6. The molecule has 2 amide bonds.